The van der Waals surface area contributed by atoms with E-state index in [1.165, 1.54) is 11.9 Å². The third-order valence-corrected chi connectivity index (χ3v) is 3.05. The van der Waals surface area contributed by atoms with Gasteiger partial charge in [0.2, 0.25) is 5.82 Å². The third kappa shape index (κ3) is 2.84. The van der Waals surface area contributed by atoms with Crippen LogP contribution < -0.4 is 4.74 Å². The number of methoxy groups -OCH3 is 1. The molecule has 0 saturated carbocycles. The van der Waals surface area contributed by atoms with Gasteiger partial charge in [-0.05, 0) is 22.9 Å². The smallest absolute Gasteiger partial charge is 0.204 e. The van der Waals surface area contributed by atoms with Gasteiger partial charge in [-0.1, -0.05) is 36.4 Å². The van der Waals surface area contributed by atoms with Gasteiger partial charge in [-0.3, -0.25) is 0 Å². The lowest BCUT2D eigenvalue weighted by molar-refractivity contribution is 0.372. The average Bonchev–Trinajstić information content (AvgIpc) is 2.98. The van der Waals surface area contributed by atoms with Crippen LogP contribution in [0.15, 0.2) is 48.5 Å². The van der Waals surface area contributed by atoms with Gasteiger partial charge in [0.1, 0.15) is 0 Å². The summed E-state index contributed by atoms with van der Waals surface area (Å²) in [7, 11) is 1.51. The van der Waals surface area contributed by atoms with Crippen LogP contribution in [0.4, 0.5) is 0 Å². The maximum absolute atomic E-state index is 9.58. The van der Waals surface area contributed by atoms with Crippen molar-refractivity contribution < 1.29 is 9.84 Å². The summed E-state index contributed by atoms with van der Waals surface area (Å²) in [5.74, 6) is 1.12. The van der Waals surface area contributed by atoms with Crippen LogP contribution in [-0.4, -0.2) is 32.4 Å². The lowest BCUT2D eigenvalue weighted by atomic mass is 10.2. The minimum absolute atomic E-state index is 0.109. The molecular weight excluding hydrogens is 268 g/mol. The van der Waals surface area contributed by atoms with Crippen molar-refractivity contribution in [3.05, 3.63) is 54.1 Å². The zero-order valence-corrected chi connectivity index (χ0v) is 11.5. The highest BCUT2D eigenvalue weighted by Gasteiger charge is 2.07. The molecule has 0 saturated heterocycles. The zero-order chi connectivity index (χ0) is 14.7. The predicted octanol–water partition coefficient (Wildman–Crippen LogP) is 2.10. The molecule has 0 unspecified atom stereocenters. The fraction of sp³-hybridized carbons (Fsp3) is 0.133. The largest absolute Gasteiger partial charge is 0.504 e. The minimum atomic E-state index is 0.109. The molecule has 106 valence electrons. The first-order valence-electron chi connectivity index (χ1n) is 6.45. The summed E-state index contributed by atoms with van der Waals surface area (Å²) in [5, 5.41) is 22.0. The third-order valence-electron chi connectivity index (χ3n) is 3.05. The number of rotatable bonds is 4. The molecule has 21 heavy (non-hydrogen) atoms. The number of phenolic OH excluding ortho intramolecular Hbond substituents is 1. The zero-order valence-electron chi connectivity index (χ0n) is 11.5. The molecule has 0 radical (unpaired) electrons. The fourth-order valence-electron chi connectivity index (χ4n) is 2.00. The lowest BCUT2D eigenvalue weighted by Gasteiger charge is -2.05. The molecule has 1 aromatic heterocycles. The Balaban J connectivity index is 1.82. The van der Waals surface area contributed by atoms with E-state index in [0.717, 1.165) is 11.1 Å². The number of hydrogen-bond acceptors (Lipinski definition) is 5. The second-order valence-electron chi connectivity index (χ2n) is 4.52. The number of aromatic nitrogens is 4. The highest BCUT2D eigenvalue weighted by molar-refractivity contribution is 5.53. The van der Waals surface area contributed by atoms with Crippen LogP contribution in [0.5, 0.6) is 11.5 Å². The van der Waals surface area contributed by atoms with E-state index in [4.69, 9.17) is 4.74 Å². The summed E-state index contributed by atoms with van der Waals surface area (Å²) in [6.45, 7) is 0.455. The van der Waals surface area contributed by atoms with Gasteiger partial charge in [-0.25, -0.2) is 0 Å². The minimum Gasteiger partial charge on any atom is -0.504 e. The van der Waals surface area contributed by atoms with Crippen molar-refractivity contribution in [2.24, 2.45) is 0 Å². The van der Waals surface area contributed by atoms with Crippen molar-refractivity contribution in [2.45, 2.75) is 6.54 Å². The summed E-state index contributed by atoms with van der Waals surface area (Å²) >= 11 is 0. The van der Waals surface area contributed by atoms with E-state index in [1.807, 2.05) is 30.3 Å². The van der Waals surface area contributed by atoms with Crippen molar-refractivity contribution in [3.63, 3.8) is 0 Å². The highest BCUT2D eigenvalue weighted by atomic mass is 16.5. The van der Waals surface area contributed by atoms with E-state index in [1.54, 1.807) is 18.2 Å². The summed E-state index contributed by atoms with van der Waals surface area (Å²) in [4.78, 5) is 1.51. The van der Waals surface area contributed by atoms with E-state index in [2.05, 4.69) is 15.4 Å². The molecule has 0 bridgehead atoms. The average molecular weight is 282 g/mol. The molecule has 0 amide bonds. The van der Waals surface area contributed by atoms with Gasteiger partial charge >= 0.3 is 0 Å². The molecule has 6 heteroatoms. The SMILES string of the molecule is COc1cc(Cn2nnc(-c3ccccc3)n2)ccc1O. The molecule has 3 aromatic rings. The second kappa shape index (κ2) is 5.62. The predicted molar refractivity (Wildman–Crippen MR) is 77.0 cm³/mol. The Hall–Kier alpha value is -2.89. The number of ether oxygens (including phenoxy) is 1. The molecule has 3 rings (SSSR count). The van der Waals surface area contributed by atoms with Gasteiger partial charge in [-0.2, -0.15) is 4.80 Å². The number of phenols is 1. The second-order valence-corrected chi connectivity index (χ2v) is 4.52. The van der Waals surface area contributed by atoms with Crippen LogP contribution in [0.25, 0.3) is 11.4 Å². The quantitative estimate of drug-likeness (QED) is 0.793. The van der Waals surface area contributed by atoms with E-state index < -0.39 is 0 Å². The molecule has 0 atom stereocenters. The van der Waals surface area contributed by atoms with Crippen molar-refractivity contribution in [3.8, 4) is 22.9 Å². The maximum Gasteiger partial charge on any atom is 0.204 e. The van der Waals surface area contributed by atoms with Gasteiger partial charge < -0.3 is 9.84 Å². The van der Waals surface area contributed by atoms with Crippen molar-refractivity contribution >= 4 is 0 Å². The summed E-state index contributed by atoms with van der Waals surface area (Å²) in [5.41, 5.74) is 1.84. The first kappa shape index (κ1) is 13.1. The molecule has 1 N–H and O–H groups in total. The molecular formula is C15H14N4O2. The Morgan fingerprint density at radius 3 is 2.71 bits per heavy atom. The van der Waals surface area contributed by atoms with E-state index in [9.17, 15) is 5.11 Å². The van der Waals surface area contributed by atoms with Crippen LogP contribution in [-0.2, 0) is 6.54 Å². The first-order valence-corrected chi connectivity index (χ1v) is 6.45. The monoisotopic (exact) mass is 282 g/mol. The first-order chi connectivity index (χ1) is 10.3. The van der Waals surface area contributed by atoms with Crippen molar-refractivity contribution in [1.82, 2.24) is 20.2 Å². The Morgan fingerprint density at radius 2 is 1.95 bits per heavy atom. The lowest BCUT2D eigenvalue weighted by Crippen LogP contribution is -2.04. The molecule has 0 aliphatic carbocycles. The summed E-state index contributed by atoms with van der Waals surface area (Å²) in [6.07, 6.45) is 0. The van der Waals surface area contributed by atoms with Crippen molar-refractivity contribution in [1.29, 1.82) is 0 Å². The van der Waals surface area contributed by atoms with Gasteiger partial charge in [0.15, 0.2) is 11.5 Å². The van der Waals surface area contributed by atoms with E-state index >= 15 is 0 Å². The molecule has 0 fully saturated rings. The van der Waals surface area contributed by atoms with Crippen LogP contribution in [0.2, 0.25) is 0 Å². The standard InChI is InChI=1S/C15H14N4O2/c1-21-14-9-11(7-8-13(14)20)10-19-17-15(16-18-19)12-5-3-2-4-6-12/h2-9,20H,10H2,1H3. The van der Waals surface area contributed by atoms with Crippen LogP contribution in [0, 0.1) is 0 Å². The Labute approximate surface area is 121 Å². The number of nitrogens with zero attached hydrogens (tertiary/aromatic N) is 4. The summed E-state index contributed by atoms with van der Waals surface area (Å²) in [6, 6.07) is 14.8. The molecule has 0 spiro atoms. The van der Waals surface area contributed by atoms with Crippen LogP contribution >= 0.6 is 0 Å². The fourth-order valence-corrected chi connectivity index (χ4v) is 2.00. The Morgan fingerprint density at radius 1 is 1.14 bits per heavy atom. The molecule has 6 nitrogen and oxygen atoms in total. The summed E-state index contributed by atoms with van der Waals surface area (Å²) < 4.78 is 5.08. The molecule has 1 heterocycles. The van der Waals surface area contributed by atoms with Crippen LogP contribution in [0.1, 0.15) is 5.56 Å². The maximum atomic E-state index is 9.58. The van der Waals surface area contributed by atoms with Gasteiger partial charge in [-0.15, -0.1) is 10.2 Å². The van der Waals surface area contributed by atoms with E-state index in [0.29, 0.717) is 18.1 Å². The highest BCUT2D eigenvalue weighted by Crippen LogP contribution is 2.26. The van der Waals surface area contributed by atoms with Gasteiger partial charge in [0.25, 0.3) is 0 Å². The topological polar surface area (TPSA) is 73.1 Å². The number of benzene rings is 2. The number of aromatic hydroxyl groups is 1. The Kier molecular flexibility index (Phi) is 3.51. The Bertz CT molecular complexity index is 740. The molecule has 0 aliphatic heterocycles. The molecule has 0 aliphatic rings. The molecule has 2 aromatic carbocycles. The van der Waals surface area contributed by atoms with Crippen molar-refractivity contribution in [2.75, 3.05) is 7.11 Å². The van der Waals surface area contributed by atoms with Gasteiger partial charge in [0.05, 0.1) is 13.7 Å². The van der Waals surface area contributed by atoms with Crippen LogP contribution in [0.3, 0.4) is 0 Å². The van der Waals surface area contributed by atoms with Gasteiger partial charge in [0, 0.05) is 5.56 Å². The van der Waals surface area contributed by atoms with E-state index in [-0.39, 0.29) is 5.75 Å². The number of tetrazole rings is 1. The normalized spacial score (nSPS) is 10.5. The number of hydrogen-bond donors (Lipinski definition) is 1.